The number of oxazole rings is 1. The zero-order valence-electron chi connectivity index (χ0n) is 14.0. The average Bonchev–Trinajstić information content (AvgIpc) is 3.27. The lowest BCUT2D eigenvalue weighted by molar-refractivity contribution is -0.119. The van der Waals surface area contributed by atoms with Crippen LogP contribution in [-0.2, 0) is 14.8 Å². The molecular formula is C17H21N3O4S. The van der Waals surface area contributed by atoms with Gasteiger partial charge in [-0.15, -0.1) is 0 Å². The quantitative estimate of drug-likeness (QED) is 0.851. The van der Waals surface area contributed by atoms with Crippen LogP contribution in [0.2, 0.25) is 0 Å². The third kappa shape index (κ3) is 3.91. The van der Waals surface area contributed by atoms with Gasteiger partial charge in [0.1, 0.15) is 6.04 Å². The highest BCUT2D eigenvalue weighted by Gasteiger charge is 2.38. The van der Waals surface area contributed by atoms with Gasteiger partial charge in [-0.05, 0) is 31.4 Å². The van der Waals surface area contributed by atoms with Crippen molar-refractivity contribution < 1.29 is 17.6 Å². The van der Waals surface area contributed by atoms with Gasteiger partial charge in [-0.25, -0.2) is 13.4 Å². The normalized spacial score (nSPS) is 18.4. The summed E-state index contributed by atoms with van der Waals surface area (Å²) >= 11 is 0. The van der Waals surface area contributed by atoms with E-state index in [0.717, 1.165) is 5.56 Å². The van der Waals surface area contributed by atoms with E-state index in [1.54, 1.807) is 24.4 Å². The van der Waals surface area contributed by atoms with E-state index in [2.05, 4.69) is 10.3 Å². The number of hydrogen-bond donors (Lipinski definition) is 1. The molecule has 0 radical (unpaired) electrons. The molecule has 134 valence electrons. The van der Waals surface area contributed by atoms with Gasteiger partial charge < -0.3 is 9.73 Å². The van der Waals surface area contributed by atoms with Crippen molar-refractivity contribution in [2.75, 3.05) is 17.6 Å². The van der Waals surface area contributed by atoms with E-state index < -0.39 is 16.1 Å². The van der Waals surface area contributed by atoms with Crippen LogP contribution in [0.25, 0.3) is 11.3 Å². The molecule has 1 unspecified atom stereocenters. The molecule has 25 heavy (non-hydrogen) atoms. The van der Waals surface area contributed by atoms with E-state index in [1.165, 1.54) is 10.7 Å². The molecular weight excluding hydrogens is 342 g/mol. The minimum atomic E-state index is -3.39. The van der Waals surface area contributed by atoms with E-state index in [9.17, 15) is 13.2 Å². The zero-order valence-corrected chi connectivity index (χ0v) is 14.8. The molecule has 1 aliphatic rings. The topological polar surface area (TPSA) is 92.5 Å². The van der Waals surface area contributed by atoms with Crippen LogP contribution in [0.5, 0.6) is 0 Å². The molecule has 1 aromatic carbocycles. The van der Waals surface area contributed by atoms with Gasteiger partial charge in [-0.2, -0.15) is 4.31 Å². The van der Waals surface area contributed by atoms with E-state index >= 15 is 0 Å². The van der Waals surface area contributed by atoms with Crippen molar-refractivity contribution in [2.45, 2.75) is 32.2 Å². The van der Waals surface area contributed by atoms with Crippen LogP contribution in [0.3, 0.4) is 0 Å². The Morgan fingerprint density at radius 3 is 3.00 bits per heavy atom. The van der Waals surface area contributed by atoms with Gasteiger partial charge in [-0.1, -0.05) is 19.1 Å². The Bertz CT molecular complexity index is 833. The summed E-state index contributed by atoms with van der Waals surface area (Å²) in [6.45, 7) is 2.22. The van der Waals surface area contributed by atoms with Crippen LogP contribution in [0.15, 0.2) is 41.3 Å². The number of amides is 1. The Balaban J connectivity index is 1.75. The summed E-state index contributed by atoms with van der Waals surface area (Å²) in [5.41, 5.74) is 1.39. The predicted molar refractivity (Wildman–Crippen MR) is 94.4 cm³/mol. The summed E-state index contributed by atoms with van der Waals surface area (Å²) in [6.07, 6.45) is 4.70. The average molecular weight is 363 g/mol. The van der Waals surface area contributed by atoms with Crippen LogP contribution in [0.4, 0.5) is 5.69 Å². The molecule has 3 rings (SSSR count). The van der Waals surface area contributed by atoms with E-state index in [-0.39, 0.29) is 11.7 Å². The van der Waals surface area contributed by atoms with Crippen molar-refractivity contribution in [3.8, 4) is 11.3 Å². The van der Waals surface area contributed by atoms with Gasteiger partial charge in [0.2, 0.25) is 15.9 Å². The van der Waals surface area contributed by atoms with Crippen molar-refractivity contribution in [2.24, 2.45) is 0 Å². The van der Waals surface area contributed by atoms with Gasteiger partial charge in [-0.3, -0.25) is 4.79 Å². The summed E-state index contributed by atoms with van der Waals surface area (Å²) in [6, 6.07) is 6.54. The first kappa shape index (κ1) is 17.6. The molecule has 0 saturated carbocycles. The van der Waals surface area contributed by atoms with E-state index in [0.29, 0.717) is 37.3 Å². The number of carbonyl (C=O) groups is 1. The second-order valence-corrected chi connectivity index (χ2v) is 8.06. The van der Waals surface area contributed by atoms with Crippen molar-refractivity contribution >= 4 is 21.6 Å². The van der Waals surface area contributed by atoms with Crippen LogP contribution < -0.4 is 5.32 Å². The largest absolute Gasteiger partial charge is 0.444 e. The predicted octanol–water partition coefficient (Wildman–Crippen LogP) is 2.48. The molecule has 7 nitrogen and oxygen atoms in total. The number of sulfonamides is 1. The number of nitrogens with one attached hydrogen (secondary N) is 1. The van der Waals surface area contributed by atoms with Crippen LogP contribution >= 0.6 is 0 Å². The molecule has 0 bridgehead atoms. The van der Waals surface area contributed by atoms with E-state index in [4.69, 9.17) is 4.42 Å². The minimum Gasteiger partial charge on any atom is -0.444 e. The molecule has 1 atom stereocenters. The summed E-state index contributed by atoms with van der Waals surface area (Å²) in [7, 11) is -3.39. The fraction of sp³-hybridized carbons (Fsp3) is 0.412. The standard InChI is InChI=1S/C17H21N3O4S/c1-2-9-25(22,23)20-8-4-7-15(20)17(21)19-14-6-3-5-13(10-14)16-11-18-12-24-16/h3,5-6,10-12,15H,2,4,7-9H2,1H3,(H,19,21). The highest BCUT2D eigenvalue weighted by atomic mass is 32.2. The van der Waals surface area contributed by atoms with Crippen molar-refractivity contribution in [1.29, 1.82) is 0 Å². The first-order chi connectivity index (χ1) is 12.0. The molecule has 2 heterocycles. The maximum Gasteiger partial charge on any atom is 0.242 e. The van der Waals surface area contributed by atoms with Gasteiger partial charge in [0.25, 0.3) is 0 Å². The SMILES string of the molecule is CCCS(=O)(=O)N1CCCC1C(=O)Nc1cccc(-c2cnco2)c1. The van der Waals surface area contributed by atoms with Crippen molar-refractivity contribution in [3.63, 3.8) is 0 Å². The lowest BCUT2D eigenvalue weighted by atomic mass is 10.1. The number of anilines is 1. The first-order valence-corrected chi connectivity index (χ1v) is 9.91. The van der Waals surface area contributed by atoms with Crippen molar-refractivity contribution in [1.82, 2.24) is 9.29 Å². The molecule has 8 heteroatoms. The Morgan fingerprint density at radius 2 is 2.28 bits per heavy atom. The van der Waals surface area contributed by atoms with Crippen LogP contribution in [0, 0.1) is 0 Å². The van der Waals surface area contributed by atoms with Gasteiger partial charge >= 0.3 is 0 Å². The fourth-order valence-electron chi connectivity index (χ4n) is 3.04. The smallest absolute Gasteiger partial charge is 0.242 e. The lowest BCUT2D eigenvalue weighted by Gasteiger charge is -2.23. The van der Waals surface area contributed by atoms with E-state index in [1.807, 2.05) is 13.0 Å². The summed E-state index contributed by atoms with van der Waals surface area (Å²) in [4.78, 5) is 16.5. The lowest BCUT2D eigenvalue weighted by Crippen LogP contribution is -2.44. The number of benzene rings is 1. The second kappa shape index (κ2) is 7.37. The molecule has 1 saturated heterocycles. The van der Waals surface area contributed by atoms with Gasteiger partial charge in [0.15, 0.2) is 12.2 Å². The molecule has 0 spiro atoms. The molecule has 1 N–H and O–H groups in total. The third-order valence-electron chi connectivity index (χ3n) is 4.17. The second-order valence-electron chi connectivity index (χ2n) is 6.02. The minimum absolute atomic E-state index is 0.0672. The van der Waals surface area contributed by atoms with Gasteiger partial charge in [0, 0.05) is 17.8 Å². The van der Waals surface area contributed by atoms with Gasteiger partial charge in [0.05, 0.1) is 11.9 Å². The van der Waals surface area contributed by atoms with Crippen molar-refractivity contribution in [3.05, 3.63) is 36.9 Å². The maximum absolute atomic E-state index is 12.6. The fourth-order valence-corrected chi connectivity index (χ4v) is 4.79. The molecule has 0 aliphatic carbocycles. The zero-order chi connectivity index (χ0) is 17.9. The Kier molecular flexibility index (Phi) is 5.19. The molecule has 1 aromatic heterocycles. The summed E-state index contributed by atoms with van der Waals surface area (Å²) < 4.78 is 31.3. The summed E-state index contributed by atoms with van der Waals surface area (Å²) in [5.74, 6) is 0.369. The first-order valence-electron chi connectivity index (χ1n) is 8.30. The number of nitrogens with zero attached hydrogens (tertiary/aromatic N) is 2. The summed E-state index contributed by atoms with van der Waals surface area (Å²) in [5, 5.41) is 2.82. The Labute approximate surface area is 147 Å². The number of aromatic nitrogens is 1. The molecule has 1 fully saturated rings. The van der Waals surface area contributed by atoms with Crippen LogP contribution in [0.1, 0.15) is 26.2 Å². The third-order valence-corrected chi connectivity index (χ3v) is 6.25. The number of hydrogen-bond acceptors (Lipinski definition) is 5. The molecule has 2 aromatic rings. The number of rotatable bonds is 6. The number of carbonyl (C=O) groups excluding carboxylic acids is 1. The molecule has 1 aliphatic heterocycles. The Morgan fingerprint density at radius 1 is 1.44 bits per heavy atom. The molecule has 1 amide bonds. The maximum atomic E-state index is 12.6. The highest BCUT2D eigenvalue weighted by Crippen LogP contribution is 2.25. The monoisotopic (exact) mass is 363 g/mol. The Hall–Kier alpha value is -2.19. The highest BCUT2D eigenvalue weighted by molar-refractivity contribution is 7.89. The van der Waals surface area contributed by atoms with Crippen LogP contribution in [-0.4, -0.2) is 42.0 Å².